The molecule has 41 heteroatoms. The molecule has 5 fully saturated rings. The zero-order valence-electron chi connectivity index (χ0n) is 65.2. The van der Waals surface area contributed by atoms with Crippen molar-refractivity contribution in [3.8, 4) is 5.75 Å². The number of Topliss-reactive ketones (excluding diaryl/α,β-unsaturated/α-hetero) is 2. The Kier molecular flexibility index (Phi) is 33.6. The summed E-state index contributed by atoms with van der Waals surface area (Å²) >= 11 is 0. The third-order valence-corrected chi connectivity index (χ3v) is 23.5. The molecule has 24 atom stereocenters. The number of aromatic hydroxyl groups is 1. The number of aliphatic hydroxyl groups is 12. The number of carbonyl (C=O) groups is 10. The minimum Gasteiger partial charge on any atom is -0.508 e. The van der Waals surface area contributed by atoms with E-state index in [2.05, 4.69) is 52.5 Å². The number of aliphatic imine (C=N–C) groups is 1. The number of hydrogen-bond acceptors (Lipinski definition) is 32. The molecule has 650 valence electrons. The van der Waals surface area contributed by atoms with Crippen LogP contribution in [0.4, 0.5) is 0 Å². The first-order valence-electron chi connectivity index (χ1n) is 38.5. The number of nitrogens with zero attached hydrogens (tertiary/aromatic N) is 1. The number of aromatic amines is 1. The van der Waals surface area contributed by atoms with Gasteiger partial charge in [0, 0.05) is 66.5 Å². The van der Waals surface area contributed by atoms with Gasteiger partial charge in [-0.15, -0.1) is 0 Å². The van der Waals surface area contributed by atoms with Crippen LogP contribution < -0.4 is 42.5 Å². The lowest BCUT2D eigenvalue weighted by Crippen LogP contribution is -2.69. The number of H-pyrrole nitrogens is 1. The second kappa shape index (κ2) is 42.3. The number of aromatic nitrogens is 1. The Hall–Kier alpha value is -8.25. The first-order chi connectivity index (χ1) is 55.9. The van der Waals surface area contributed by atoms with Crippen LogP contribution in [-0.2, 0) is 90.9 Å². The van der Waals surface area contributed by atoms with Crippen molar-refractivity contribution in [3.63, 3.8) is 0 Å². The molecule has 7 amide bonds. The number of phenolic OH excluding ortho intramolecular Hbond substituents is 1. The third kappa shape index (κ3) is 24.3. The van der Waals surface area contributed by atoms with E-state index in [1.54, 1.807) is 67.7 Å². The number of amides is 7. The number of hydrogen-bond donors (Lipinski definition) is 23. The number of unbranched alkanes of at least 4 members (excludes halogenated alkanes) is 1. The lowest BCUT2D eigenvalue weighted by atomic mass is 9.70. The summed E-state index contributed by atoms with van der Waals surface area (Å²) in [6.07, 6.45) is -27.8. The van der Waals surface area contributed by atoms with E-state index < -0.39 is 243 Å². The quantitative estimate of drug-likeness (QED) is 0.0109. The molecular formula is C77H106N10O29S2. The molecule has 0 spiro atoms. The van der Waals surface area contributed by atoms with Crippen LogP contribution in [0.3, 0.4) is 0 Å². The fourth-order valence-corrected chi connectivity index (χ4v) is 16.7. The van der Waals surface area contributed by atoms with Gasteiger partial charge in [-0.3, -0.25) is 48.1 Å². The molecule has 0 unspecified atom stereocenters. The van der Waals surface area contributed by atoms with E-state index in [0.717, 1.165) is 35.4 Å². The van der Waals surface area contributed by atoms with Crippen molar-refractivity contribution in [3.05, 3.63) is 102 Å². The number of benzene rings is 3. The molecule has 0 radical (unpaired) electrons. The number of carbonyl (C=O) groups excluding carboxylic acids is 9. The average molecular weight is 1700 g/mol. The van der Waals surface area contributed by atoms with Crippen molar-refractivity contribution in [2.24, 2.45) is 16.3 Å². The molecule has 4 saturated heterocycles. The molecule has 3 aromatic carbocycles. The Labute approximate surface area is 684 Å². The Morgan fingerprint density at radius 2 is 1.26 bits per heavy atom. The first kappa shape index (κ1) is 93.6. The molecule has 0 bridgehead atoms. The second-order valence-electron chi connectivity index (χ2n) is 30.9. The summed E-state index contributed by atoms with van der Waals surface area (Å²) in [7, 11) is 1.53. The molecule has 4 aliphatic heterocycles. The van der Waals surface area contributed by atoms with E-state index in [-0.39, 0.29) is 75.2 Å². The van der Waals surface area contributed by atoms with E-state index in [0.29, 0.717) is 33.3 Å². The lowest BCUT2D eigenvalue weighted by Gasteiger charge is -2.48. The van der Waals surface area contributed by atoms with Crippen LogP contribution in [0.5, 0.6) is 5.75 Å². The molecule has 5 aliphatic rings. The Morgan fingerprint density at radius 1 is 0.669 bits per heavy atom. The highest BCUT2D eigenvalue weighted by molar-refractivity contribution is 8.76. The van der Waals surface area contributed by atoms with Crippen LogP contribution in [0.25, 0.3) is 10.9 Å². The highest BCUT2D eigenvalue weighted by Crippen LogP contribution is 2.36. The van der Waals surface area contributed by atoms with Crippen LogP contribution in [0.15, 0.2) is 90.1 Å². The number of ketones is 2. The average Bonchev–Trinajstić information content (AvgIpc) is 0.921. The molecule has 5 heterocycles. The number of carboxylic acids is 1. The van der Waals surface area contributed by atoms with Gasteiger partial charge in [-0.1, -0.05) is 96.1 Å². The number of ether oxygens (including phenoxy) is 5. The zero-order valence-corrected chi connectivity index (χ0v) is 66.8. The normalized spacial score (nSPS) is 31.9. The third-order valence-electron chi connectivity index (χ3n) is 21.0. The Balaban J connectivity index is 1.03. The molecule has 39 nitrogen and oxygen atoms in total. The molecule has 9 rings (SSSR count). The number of para-hydroxylation sites is 1. The van der Waals surface area contributed by atoms with Gasteiger partial charge in [0.2, 0.25) is 47.1 Å². The van der Waals surface area contributed by atoms with Crippen LogP contribution in [0.1, 0.15) is 83.4 Å². The van der Waals surface area contributed by atoms with Crippen molar-refractivity contribution in [1.82, 2.24) is 47.5 Å². The number of carboxylic acid groups (broad SMARTS) is 1. The highest BCUT2D eigenvalue weighted by Gasteiger charge is 2.56. The minimum absolute atomic E-state index is 0.0433. The highest BCUT2D eigenvalue weighted by atomic mass is 33.1. The fraction of sp³-hybridized carbons (Fsp3) is 0.597. The summed E-state index contributed by atoms with van der Waals surface area (Å²) < 4.78 is 28.2. The number of aliphatic hydroxyl groups excluding tert-OH is 11. The number of fused-ring (bicyclic) bond motifs is 1. The Bertz CT molecular complexity index is 4130. The maximum atomic E-state index is 15.5. The molecular weight excluding hydrogens is 1590 g/mol. The largest absolute Gasteiger partial charge is 0.508 e. The predicted molar refractivity (Wildman–Crippen MR) is 418 cm³/mol. The van der Waals surface area contributed by atoms with Gasteiger partial charge in [0.25, 0.3) is 0 Å². The summed E-state index contributed by atoms with van der Waals surface area (Å²) in [5, 5.41) is 173. The van der Waals surface area contributed by atoms with Crippen LogP contribution in [0.2, 0.25) is 0 Å². The van der Waals surface area contributed by atoms with E-state index >= 15 is 19.2 Å². The standard InChI is InChI=1S/C77H106N10O29S2/c1-35(55-50(93)26-76(4,5)27-51(55)94)78-22-12-11-17-44-66(102)86-56(36(2)90)72(108)85-49(71(107)87-57(37(3)91)73(109)110)33-118-117-32-48(70(106)82-46(24-39-18-20-41(92)21-19-39)68(104)83-47(69(105)81-44)25-40-28-79-43-16-10-9-15-42(40)43)84-67(103)45(23-38-13-7-6-8-14-38)80-34-77(111)65(101)63(52(95)31-112-77)115-75-62(100)60(98)64(54(30-89)114-75)116-74-61(99)59(97)58(96)53(29-88)113-74/h6-10,13-16,18-21,28,36-37,44-49,52-65,74-75,79-80,88-92,95-101,111H,11-12,17,22-27,29-34H2,1-5H3,(H,81,105)(H,82,106)(H,83,104)(H,84,103)(H,85,108)(H,86,102)(H,87,107)(H,109,110)/t36-,37-,44+,45-,46+,47-,48+,49+,52-,53-,54-,56+,57-,58-,59+,60-,61-,62-,63-,64-,65+,74-,75-,77-/m1/s1. The van der Waals surface area contributed by atoms with Gasteiger partial charge in [-0.25, -0.2) is 4.79 Å². The second-order valence-corrected chi connectivity index (χ2v) is 33.5. The van der Waals surface area contributed by atoms with Gasteiger partial charge in [0.1, 0.15) is 127 Å². The molecule has 1 saturated carbocycles. The van der Waals surface area contributed by atoms with Crippen molar-refractivity contribution >= 4 is 97.1 Å². The maximum Gasteiger partial charge on any atom is 0.328 e. The zero-order chi connectivity index (χ0) is 86.2. The van der Waals surface area contributed by atoms with Crippen molar-refractivity contribution < 1.29 is 143 Å². The maximum absolute atomic E-state index is 15.5. The van der Waals surface area contributed by atoms with E-state index in [1.165, 1.54) is 24.3 Å². The van der Waals surface area contributed by atoms with Gasteiger partial charge in [-0.2, -0.15) is 0 Å². The molecule has 1 aliphatic carbocycles. The minimum atomic E-state index is -2.86. The molecule has 118 heavy (non-hydrogen) atoms. The number of rotatable bonds is 28. The van der Waals surface area contributed by atoms with Crippen molar-refractivity contribution in [2.75, 3.05) is 44.4 Å². The fourth-order valence-electron chi connectivity index (χ4n) is 14.4. The summed E-state index contributed by atoms with van der Waals surface area (Å²) in [6, 6.07) is 6.50. The lowest BCUT2D eigenvalue weighted by molar-refractivity contribution is -0.383. The number of aliphatic carboxylic acids is 1. The smallest absolute Gasteiger partial charge is 0.328 e. The molecule has 4 aromatic rings. The first-order valence-corrected chi connectivity index (χ1v) is 41.0. The summed E-state index contributed by atoms with van der Waals surface area (Å²) in [5.41, 5.74) is 1.62. The van der Waals surface area contributed by atoms with Crippen molar-refractivity contribution in [1.29, 1.82) is 0 Å². The van der Waals surface area contributed by atoms with E-state index in [4.69, 9.17) is 23.7 Å². The van der Waals surface area contributed by atoms with Gasteiger partial charge in [-0.05, 0) is 86.8 Å². The molecule has 1 aromatic heterocycles. The van der Waals surface area contributed by atoms with E-state index in [9.17, 15) is 100 Å². The predicted octanol–water partition coefficient (Wildman–Crippen LogP) is -5.85. The van der Waals surface area contributed by atoms with Gasteiger partial charge >= 0.3 is 5.97 Å². The van der Waals surface area contributed by atoms with E-state index in [1.807, 2.05) is 13.8 Å². The number of phenols is 1. The number of nitrogens with one attached hydrogen (secondary N) is 9. The van der Waals surface area contributed by atoms with Crippen molar-refractivity contribution in [2.45, 2.75) is 232 Å². The monoisotopic (exact) mass is 1700 g/mol. The molecule has 23 N–H and O–H groups in total. The van der Waals surface area contributed by atoms with Crippen LogP contribution >= 0.6 is 21.6 Å². The van der Waals surface area contributed by atoms with Gasteiger partial charge in [0.15, 0.2) is 18.6 Å². The van der Waals surface area contributed by atoms with Crippen LogP contribution in [0, 0.1) is 11.3 Å². The summed E-state index contributed by atoms with van der Waals surface area (Å²) in [4.78, 5) is 152. The van der Waals surface area contributed by atoms with Crippen LogP contribution in [-0.4, -0.2) is 332 Å². The summed E-state index contributed by atoms with van der Waals surface area (Å²) in [6.45, 7) is 3.79. The van der Waals surface area contributed by atoms with Gasteiger partial charge in [0.05, 0.1) is 44.6 Å². The SMILES string of the molecule is CC(=NCCCC[C@@H]1NC(=O)[C@@H](Cc2c[nH]c3ccccc23)NC(=O)[C@H](Cc2ccc(O)cc2)NC(=O)[C@@H](NC(=O)[C@@H](Cc2ccccc2)NC[C@@]2(O)OC[C@@H](O)[C@@H](O[C@H]3O[C@H](CO)[C@@H](O[C@H]4O[C@H](CO)[C@@H](O)[C@H](O)[C@H]4O)[C@H](O)[C@H]3O)[C@@H]2O)CSSC[C@@H](C(=O)N[C@@H](C(=O)O)[C@@H](C)O)NC(=O)[C@H]([C@@H](C)O)NC1=O)C1C(=O)CC(C)(C)CC1=O. The van der Waals surface area contributed by atoms with Gasteiger partial charge < -0.3 is 143 Å². The Morgan fingerprint density at radius 3 is 1.91 bits per heavy atom. The topological polar surface area (TPSA) is 624 Å². The summed E-state index contributed by atoms with van der Waals surface area (Å²) in [5.74, 6) is -15.1.